The average molecular weight is 371 g/mol. The second-order valence-electron chi connectivity index (χ2n) is 5.78. The molecule has 0 aliphatic carbocycles. The van der Waals surface area contributed by atoms with Gasteiger partial charge in [-0.25, -0.2) is 9.98 Å². The summed E-state index contributed by atoms with van der Waals surface area (Å²) in [5.74, 6) is 0.165. The highest BCUT2D eigenvalue weighted by atomic mass is 35.5. The first kappa shape index (κ1) is 17.8. The van der Waals surface area contributed by atoms with Crippen LogP contribution in [0.3, 0.4) is 0 Å². The van der Waals surface area contributed by atoms with Gasteiger partial charge in [-0.05, 0) is 0 Å². The Hall–Kier alpha value is -2.01. The molecule has 2 aromatic heterocycles. The van der Waals surface area contributed by atoms with Gasteiger partial charge in [-0.2, -0.15) is 4.98 Å². The molecule has 0 radical (unpaired) electrons. The lowest BCUT2D eigenvalue weighted by molar-refractivity contribution is -0.0538. The third-order valence-electron chi connectivity index (χ3n) is 3.78. The molecule has 11 heteroatoms. The van der Waals surface area contributed by atoms with Crippen LogP contribution in [0, 0.1) is 0 Å². The zero-order valence-corrected chi connectivity index (χ0v) is 14.5. The molecule has 136 valence electrons. The number of aliphatic hydroxyl groups excluding tert-OH is 1. The standard InChI is InChI=1S/C14H19ClN6O4/c1-20(2)6-17-14-18-12-11(13(23)19-14)16-7-21(12)10-3-8(24-5-15)9(4-22)25-10/h6-10,22H,3-5H2,1-2H3,(H,18,19,23)/b17-6-/t8?,9-,10-/m1/s1. The van der Waals surface area contributed by atoms with Gasteiger partial charge in [0.15, 0.2) is 11.2 Å². The molecule has 0 amide bonds. The molecular formula is C14H19ClN6O4. The normalized spacial score (nSPS) is 23.8. The quantitative estimate of drug-likeness (QED) is 0.423. The van der Waals surface area contributed by atoms with E-state index in [0.29, 0.717) is 12.1 Å². The third kappa shape index (κ3) is 3.66. The van der Waals surface area contributed by atoms with Gasteiger partial charge in [0, 0.05) is 20.5 Å². The Morgan fingerprint density at radius 3 is 3.12 bits per heavy atom. The Morgan fingerprint density at radius 2 is 2.44 bits per heavy atom. The highest BCUT2D eigenvalue weighted by Gasteiger charge is 2.37. The van der Waals surface area contributed by atoms with Crippen LogP contribution in [0.15, 0.2) is 16.1 Å². The molecule has 0 spiro atoms. The molecule has 2 N–H and O–H groups in total. The number of aromatic nitrogens is 4. The number of ether oxygens (including phenoxy) is 2. The summed E-state index contributed by atoms with van der Waals surface area (Å²) in [7, 11) is 3.62. The molecule has 0 bridgehead atoms. The van der Waals surface area contributed by atoms with Crippen molar-refractivity contribution in [3.05, 3.63) is 16.7 Å². The lowest BCUT2D eigenvalue weighted by Crippen LogP contribution is -2.27. The lowest BCUT2D eigenvalue weighted by atomic mass is 10.2. The molecule has 3 rings (SSSR count). The van der Waals surface area contributed by atoms with Gasteiger partial charge in [0.25, 0.3) is 5.56 Å². The molecule has 1 fully saturated rings. The minimum absolute atomic E-state index is 0.00321. The third-order valence-corrected chi connectivity index (χ3v) is 3.90. The molecule has 0 aromatic carbocycles. The Balaban J connectivity index is 1.96. The minimum Gasteiger partial charge on any atom is -0.394 e. The Kier molecular flexibility index (Phi) is 5.33. The number of nitrogens with zero attached hydrogens (tertiary/aromatic N) is 5. The zero-order valence-electron chi connectivity index (χ0n) is 13.8. The molecule has 1 aliphatic heterocycles. The maximum atomic E-state index is 12.2. The van der Waals surface area contributed by atoms with Gasteiger partial charge in [0.2, 0.25) is 5.95 Å². The topological polar surface area (TPSA) is 118 Å². The largest absolute Gasteiger partial charge is 0.394 e. The predicted octanol–water partition coefficient (Wildman–Crippen LogP) is 0.202. The van der Waals surface area contributed by atoms with E-state index in [-0.39, 0.29) is 35.8 Å². The summed E-state index contributed by atoms with van der Waals surface area (Å²) >= 11 is 5.62. The van der Waals surface area contributed by atoms with Gasteiger partial charge < -0.3 is 19.5 Å². The Labute approximate surface area is 148 Å². The van der Waals surface area contributed by atoms with Crippen molar-refractivity contribution in [1.82, 2.24) is 24.4 Å². The number of fused-ring (bicyclic) bond motifs is 1. The monoisotopic (exact) mass is 370 g/mol. The highest BCUT2D eigenvalue weighted by molar-refractivity contribution is 6.17. The van der Waals surface area contributed by atoms with Gasteiger partial charge >= 0.3 is 0 Å². The summed E-state index contributed by atoms with van der Waals surface area (Å²) in [4.78, 5) is 29.0. The smallest absolute Gasteiger partial charge is 0.280 e. The van der Waals surface area contributed by atoms with E-state index in [1.807, 2.05) is 14.1 Å². The second-order valence-corrected chi connectivity index (χ2v) is 6.00. The molecule has 2 aromatic rings. The van der Waals surface area contributed by atoms with Crippen LogP contribution in [-0.4, -0.2) is 74.8 Å². The summed E-state index contributed by atoms with van der Waals surface area (Å²) in [6.07, 6.45) is 2.13. The number of rotatable bonds is 6. The van der Waals surface area contributed by atoms with Gasteiger partial charge in [-0.1, -0.05) is 11.6 Å². The van der Waals surface area contributed by atoms with Crippen molar-refractivity contribution in [3.8, 4) is 0 Å². The lowest BCUT2D eigenvalue weighted by Gasteiger charge is -2.14. The van der Waals surface area contributed by atoms with E-state index in [4.69, 9.17) is 21.1 Å². The Morgan fingerprint density at radius 1 is 1.64 bits per heavy atom. The number of aromatic amines is 1. The maximum absolute atomic E-state index is 12.2. The van der Waals surface area contributed by atoms with Crippen LogP contribution < -0.4 is 5.56 Å². The summed E-state index contributed by atoms with van der Waals surface area (Å²) in [6.45, 7) is -0.197. The zero-order chi connectivity index (χ0) is 18.0. The van der Waals surface area contributed by atoms with Crippen molar-refractivity contribution < 1.29 is 14.6 Å². The average Bonchev–Trinajstić information content (AvgIpc) is 3.17. The van der Waals surface area contributed by atoms with Gasteiger partial charge in [0.05, 0.1) is 25.4 Å². The fourth-order valence-corrected chi connectivity index (χ4v) is 2.81. The van der Waals surface area contributed by atoms with Gasteiger partial charge in [-0.3, -0.25) is 14.3 Å². The molecular weight excluding hydrogens is 352 g/mol. The van der Waals surface area contributed by atoms with Crippen molar-refractivity contribution in [3.63, 3.8) is 0 Å². The molecule has 1 saturated heterocycles. The summed E-state index contributed by atoms with van der Waals surface area (Å²) in [5.41, 5.74) is 0.150. The number of halogens is 1. The van der Waals surface area contributed by atoms with E-state index < -0.39 is 12.3 Å². The predicted molar refractivity (Wildman–Crippen MR) is 91.2 cm³/mol. The van der Waals surface area contributed by atoms with Crippen LogP contribution in [0.1, 0.15) is 12.6 Å². The molecule has 0 saturated carbocycles. The maximum Gasteiger partial charge on any atom is 0.280 e. The first-order valence-electron chi connectivity index (χ1n) is 7.64. The fraction of sp³-hybridized carbons (Fsp3) is 0.571. The minimum atomic E-state index is -0.505. The second kappa shape index (κ2) is 7.48. The summed E-state index contributed by atoms with van der Waals surface area (Å²) in [5, 5.41) is 9.43. The SMILES string of the molecule is CN(C)/C=N\c1nc2c(ncn2[C@H]2CC(OCCl)[C@@H](CO)O2)c(=O)[nH]1. The van der Waals surface area contributed by atoms with E-state index >= 15 is 0 Å². The number of aliphatic imine (C=N–C) groups is 1. The fourth-order valence-electron chi connectivity index (χ4n) is 2.65. The number of hydrogen-bond acceptors (Lipinski definition) is 7. The molecule has 10 nitrogen and oxygen atoms in total. The van der Waals surface area contributed by atoms with Crippen LogP contribution in [0.4, 0.5) is 5.95 Å². The molecule has 3 atom stereocenters. The van der Waals surface area contributed by atoms with Crippen molar-refractivity contribution in [2.75, 3.05) is 26.8 Å². The van der Waals surface area contributed by atoms with E-state index in [1.54, 1.807) is 9.47 Å². The van der Waals surface area contributed by atoms with Crippen molar-refractivity contribution in [1.29, 1.82) is 0 Å². The van der Waals surface area contributed by atoms with E-state index in [2.05, 4.69) is 19.9 Å². The van der Waals surface area contributed by atoms with Crippen LogP contribution in [0.25, 0.3) is 11.2 Å². The number of imidazole rings is 1. The molecule has 3 heterocycles. The van der Waals surface area contributed by atoms with Crippen LogP contribution in [0.2, 0.25) is 0 Å². The van der Waals surface area contributed by atoms with Crippen molar-refractivity contribution >= 4 is 35.1 Å². The van der Waals surface area contributed by atoms with Crippen LogP contribution >= 0.6 is 11.6 Å². The van der Waals surface area contributed by atoms with Crippen LogP contribution in [0.5, 0.6) is 0 Å². The number of aliphatic hydroxyl groups is 1. The number of hydrogen-bond donors (Lipinski definition) is 2. The summed E-state index contributed by atoms with van der Waals surface area (Å²) < 4.78 is 12.8. The Bertz CT molecular complexity index is 819. The first-order valence-corrected chi connectivity index (χ1v) is 8.18. The van der Waals surface area contributed by atoms with Crippen molar-refractivity contribution in [2.45, 2.75) is 24.9 Å². The molecule has 1 unspecified atom stereocenters. The van der Waals surface area contributed by atoms with Crippen molar-refractivity contribution in [2.24, 2.45) is 4.99 Å². The summed E-state index contributed by atoms with van der Waals surface area (Å²) in [6, 6.07) is 0.00321. The van der Waals surface area contributed by atoms with E-state index in [0.717, 1.165) is 0 Å². The number of alkyl halides is 1. The van der Waals surface area contributed by atoms with Gasteiger partial charge in [-0.15, -0.1) is 0 Å². The number of nitrogens with one attached hydrogen (secondary N) is 1. The first-order chi connectivity index (χ1) is 12.0. The van der Waals surface area contributed by atoms with Gasteiger partial charge in [0.1, 0.15) is 18.4 Å². The van der Waals surface area contributed by atoms with E-state index in [1.165, 1.54) is 12.7 Å². The molecule has 1 aliphatic rings. The molecule has 25 heavy (non-hydrogen) atoms. The van der Waals surface area contributed by atoms with E-state index in [9.17, 15) is 9.90 Å². The highest BCUT2D eigenvalue weighted by Crippen LogP contribution is 2.32. The van der Waals surface area contributed by atoms with Crippen LogP contribution in [-0.2, 0) is 9.47 Å². The number of H-pyrrole nitrogens is 1.